The molecule has 2 N–H and O–H groups in total. The molecule has 122 valence electrons. The van der Waals surface area contributed by atoms with Crippen LogP contribution in [-0.4, -0.2) is 26.7 Å². The second-order valence-corrected chi connectivity index (χ2v) is 6.47. The van der Waals surface area contributed by atoms with Gasteiger partial charge in [0, 0.05) is 27.9 Å². The SMILES string of the molecule is Cc1nn(C)c2ncc(C(=O)NC(=O)Nc3cccc(I)c3)cc12. The number of halogens is 1. The first-order valence-corrected chi connectivity index (χ1v) is 8.19. The molecule has 7 nitrogen and oxygen atoms in total. The number of anilines is 1. The molecule has 0 spiro atoms. The Balaban J connectivity index is 1.74. The number of hydrogen-bond acceptors (Lipinski definition) is 4. The minimum Gasteiger partial charge on any atom is -0.308 e. The molecule has 8 heteroatoms. The van der Waals surface area contributed by atoms with Gasteiger partial charge < -0.3 is 5.32 Å². The van der Waals surface area contributed by atoms with Gasteiger partial charge in [-0.1, -0.05) is 6.07 Å². The Morgan fingerprint density at radius 3 is 2.79 bits per heavy atom. The van der Waals surface area contributed by atoms with Crippen LogP contribution in [0.1, 0.15) is 16.1 Å². The number of nitrogens with zero attached hydrogens (tertiary/aromatic N) is 3. The second kappa shape index (κ2) is 6.56. The fraction of sp³-hybridized carbons (Fsp3) is 0.125. The second-order valence-electron chi connectivity index (χ2n) is 5.22. The Bertz CT molecular complexity index is 951. The summed E-state index contributed by atoms with van der Waals surface area (Å²) in [6.45, 7) is 1.84. The Morgan fingerprint density at radius 2 is 2.04 bits per heavy atom. The summed E-state index contributed by atoms with van der Waals surface area (Å²) in [5, 5.41) is 9.96. The largest absolute Gasteiger partial charge is 0.326 e. The standard InChI is InChI=1S/C16H14IN5O2/c1-9-13-6-10(8-18-14(13)22(2)21-9)15(23)20-16(24)19-12-5-3-4-11(17)7-12/h3-8H,1-2H3,(H2,19,20,23,24). The molecule has 24 heavy (non-hydrogen) atoms. The summed E-state index contributed by atoms with van der Waals surface area (Å²) in [5.74, 6) is -0.518. The van der Waals surface area contributed by atoms with E-state index < -0.39 is 11.9 Å². The van der Waals surface area contributed by atoms with Crippen molar-refractivity contribution in [2.45, 2.75) is 6.92 Å². The lowest BCUT2D eigenvalue weighted by Crippen LogP contribution is -2.34. The Morgan fingerprint density at radius 1 is 1.25 bits per heavy atom. The van der Waals surface area contributed by atoms with Crippen molar-refractivity contribution in [1.29, 1.82) is 0 Å². The van der Waals surface area contributed by atoms with E-state index in [1.54, 1.807) is 29.9 Å². The van der Waals surface area contributed by atoms with Crippen molar-refractivity contribution in [3.8, 4) is 0 Å². The lowest BCUT2D eigenvalue weighted by molar-refractivity contribution is 0.0967. The van der Waals surface area contributed by atoms with Crippen molar-refractivity contribution in [1.82, 2.24) is 20.1 Å². The highest BCUT2D eigenvalue weighted by Gasteiger charge is 2.14. The first-order valence-electron chi connectivity index (χ1n) is 7.11. The molecule has 0 saturated carbocycles. The fourth-order valence-electron chi connectivity index (χ4n) is 2.34. The molecule has 1 aromatic carbocycles. The van der Waals surface area contributed by atoms with Gasteiger partial charge in [-0.3, -0.25) is 14.8 Å². The highest BCUT2D eigenvalue weighted by molar-refractivity contribution is 14.1. The highest BCUT2D eigenvalue weighted by atomic mass is 127. The number of carbonyl (C=O) groups excluding carboxylic acids is 2. The third-order valence-electron chi connectivity index (χ3n) is 3.43. The van der Waals surface area contributed by atoms with Gasteiger partial charge in [-0.25, -0.2) is 9.78 Å². The van der Waals surface area contributed by atoms with Crippen LogP contribution in [0.2, 0.25) is 0 Å². The number of nitrogens with one attached hydrogen (secondary N) is 2. The molecule has 2 heterocycles. The molecule has 3 amide bonds. The van der Waals surface area contributed by atoms with Crippen LogP contribution in [0, 0.1) is 10.5 Å². The molecule has 0 bridgehead atoms. The average Bonchev–Trinajstić information content (AvgIpc) is 2.81. The zero-order valence-corrected chi connectivity index (χ0v) is 15.2. The number of urea groups is 1. The number of amides is 3. The monoisotopic (exact) mass is 435 g/mol. The summed E-state index contributed by atoms with van der Waals surface area (Å²) in [6, 6.07) is 8.37. The third kappa shape index (κ3) is 3.37. The summed E-state index contributed by atoms with van der Waals surface area (Å²) in [7, 11) is 1.79. The van der Waals surface area contributed by atoms with E-state index in [0.717, 1.165) is 14.7 Å². The molecule has 0 aliphatic rings. The molecule has 3 aromatic rings. The summed E-state index contributed by atoms with van der Waals surface area (Å²) in [5.41, 5.74) is 2.38. The van der Waals surface area contributed by atoms with Gasteiger partial charge in [0.05, 0.1) is 11.3 Å². The maximum atomic E-state index is 12.2. The van der Waals surface area contributed by atoms with Crippen LogP contribution in [0.25, 0.3) is 11.0 Å². The van der Waals surface area contributed by atoms with Crippen LogP contribution >= 0.6 is 22.6 Å². The topological polar surface area (TPSA) is 88.9 Å². The molecule has 0 atom stereocenters. The number of benzene rings is 1. The van der Waals surface area contributed by atoms with E-state index in [4.69, 9.17) is 0 Å². The highest BCUT2D eigenvalue weighted by Crippen LogP contribution is 2.16. The Kier molecular flexibility index (Phi) is 4.47. The molecular formula is C16H14IN5O2. The molecule has 0 fully saturated rings. The van der Waals surface area contributed by atoms with Crippen LogP contribution in [0.3, 0.4) is 0 Å². The van der Waals surface area contributed by atoms with Gasteiger partial charge in [0.1, 0.15) is 0 Å². The zero-order chi connectivity index (χ0) is 17.3. The van der Waals surface area contributed by atoms with E-state index in [9.17, 15) is 9.59 Å². The summed E-state index contributed by atoms with van der Waals surface area (Å²) >= 11 is 2.15. The summed E-state index contributed by atoms with van der Waals surface area (Å²) in [4.78, 5) is 28.4. The molecule has 3 rings (SSSR count). The zero-order valence-electron chi connectivity index (χ0n) is 13.0. The maximum Gasteiger partial charge on any atom is 0.326 e. The third-order valence-corrected chi connectivity index (χ3v) is 4.11. The minimum absolute atomic E-state index is 0.302. The van der Waals surface area contributed by atoms with Crippen molar-refractivity contribution >= 4 is 51.2 Å². The predicted molar refractivity (Wildman–Crippen MR) is 98.9 cm³/mol. The van der Waals surface area contributed by atoms with E-state index in [1.807, 2.05) is 19.1 Å². The van der Waals surface area contributed by atoms with Crippen LogP contribution < -0.4 is 10.6 Å². The number of imide groups is 1. The number of hydrogen-bond donors (Lipinski definition) is 2. The molecule has 0 unspecified atom stereocenters. The van der Waals surface area contributed by atoms with E-state index in [1.165, 1.54) is 6.20 Å². The Hall–Kier alpha value is -2.49. The number of aromatic nitrogens is 3. The number of fused-ring (bicyclic) bond motifs is 1. The molecule has 2 aromatic heterocycles. The van der Waals surface area contributed by atoms with Crippen LogP contribution in [0.5, 0.6) is 0 Å². The average molecular weight is 435 g/mol. The van der Waals surface area contributed by atoms with Crippen molar-refractivity contribution in [3.05, 3.63) is 51.4 Å². The summed E-state index contributed by atoms with van der Waals surface area (Å²) < 4.78 is 2.63. The van der Waals surface area contributed by atoms with Crippen molar-refractivity contribution in [2.75, 3.05) is 5.32 Å². The van der Waals surface area contributed by atoms with Crippen molar-refractivity contribution in [2.24, 2.45) is 7.05 Å². The number of aryl methyl sites for hydroxylation is 2. The van der Waals surface area contributed by atoms with Gasteiger partial charge >= 0.3 is 6.03 Å². The molecule has 0 aliphatic carbocycles. The Labute approximate surface area is 151 Å². The van der Waals surface area contributed by atoms with Crippen molar-refractivity contribution < 1.29 is 9.59 Å². The lowest BCUT2D eigenvalue weighted by atomic mass is 10.2. The number of pyridine rings is 1. The molecular weight excluding hydrogens is 421 g/mol. The van der Waals surface area contributed by atoms with Gasteiger partial charge in [0.25, 0.3) is 5.91 Å². The van der Waals surface area contributed by atoms with E-state index in [2.05, 4.69) is 43.3 Å². The van der Waals surface area contributed by atoms with Gasteiger partial charge in [-0.05, 0) is 53.8 Å². The number of rotatable bonds is 2. The quantitative estimate of drug-likeness (QED) is 0.606. The minimum atomic E-state index is -0.593. The van der Waals surface area contributed by atoms with Crippen LogP contribution in [-0.2, 0) is 7.05 Å². The maximum absolute atomic E-state index is 12.2. The van der Waals surface area contributed by atoms with E-state index in [0.29, 0.717) is 16.9 Å². The first-order chi connectivity index (χ1) is 11.4. The van der Waals surface area contributed by atoms with Gasteiger partial charge in [0.2, 0.25) is 0 Å². The number of carbonyl (C=O) groups is 2. The lowest BCUT2D eigenvalue weighted by Gasteiger charge is -2.07. The van der Waals surface area contributed by atoms with Gasteiger partial charge in [-0.2, -0.15) is 5.10 Å². The first kappa shape index (κ1) is 16.4. The normalized spacial score (nSPS) is 10.6. The predicted octanol–water partition coefficient (Wildman–Crippen LogP) is 2.84. The van der Waals surface area contributed by atoms with Crippen molar-refractivity contribution in [3.63, 3.8) is 0 Å². The summed E-state index contributed by atoms with van der Waals surface area (Å²) in [6.07, 6.45) is 1.43. The van der Waals surface area contributed by atoms with E-state index in [-0.39, 0.29) is 0 Å². The van der Waals surface area contributed by atoms with Crippen LogP contribution in [0.4, 0.5) is 10.5 Å². The molecule has 0 radical (unpaired) electrons. The molecule has 0 saturated heterocycles. The van der Waals surface area contributed by atoms with Gasteiger partial charge in [0.15, 0.2) is 5.65 Å². The van der Waals surface area contributed by atoms with Crippen LogP contribution in [0.15, 0.2) is 36.5 Å². The fourth-order valence-corrected chi connectivity index (χ4v) is 2.88. The molecule has 0 aliphatic heterocycles. The van der Waals surface area contributed by atoms with E-state index >= 15 is 0 Å². The van der Waals surface area contributed by atoms with Gasteiger partial charge in [-0.15, -0.1) is 0 Å². The smallest absolute Gasteiger partial charge is 0.308 e.